The molecule has 1 aromatic rings. The van der Waals surface area contributed by atoms with E-state index in [4.69, 9.17) is 10.8 Å². The van der Waals surface area contributed by atoms with E-state index in [9.17, 15) is 0 Å². The average Bonchev–Trinajstić information content (AvgIpc) is 2.49. The summed E-state index contributed by atoms with van der Waals surface area (Å²) in [6.45, 7) is 0.279. The largest absolute Gasteiger partial charge is 0.396 e. The van der Waals surface area contributed by atoms with E-state index in [2.05, 4.69) is 10.2 Å². The van der Waals surface area contributed by atoms with Crippen LogP contribution in [-0.2, 0) is 7.05 Å². The zero-order valence-corrected chi connectivity index (χ0v) is 9.13. The lowest BCUT2D eigenvalue weighted by Gasteiger charge is -2.00. The van der Waals surface area contributed by atoms with Crippen molar-refractivity contribution in [2.45, 2.75) is 24.4 Å². The quantitative estimate of drug-likeness (QED) is 0.539. The summed E-state index contributed by atoms with van der Waals surface area (Å²) < 4.78 is 1.77. The molecule has 0 spiro atoms. The molecule has 0 amide bonds. The second-order valence-electron chi connectivity index (χ2n) is 3.03. The summed E-state index contributed by atoms with van der Waals surface area (Å²) in [5.41, 5.74) is 5.54. The first kappa shape index (κ1) is 11.3. The number of nitrogens with two attached hydrogens (primary N) is 1. The molecule has 1 aromatic heterocycles. The van der Waals surface area contributed by atoms with E-state index in [1.165, 1.54) is 0 Å². The standard InChI is InChI=1S/C8H16N4OS/c1-12-7(9)10-11-8(12)14-6-4-2-3-5-13/h13H,2-6H2,1H3,(H2,9,10). The van der Waals surface area contributed by atoms with Crippen LogP contribution in [0, 0.1) is 0 Å². The summed E-state index contributed by atoms with van der Waals surface area (Å²) in [4.78, 5) is 0. The van der Waals surface area contributed by atoms with Crippen LogP contribution in [0.25, 0.3) is 0 Å². The van der Waals surface area contributed by atoms with E-state index < -0.39 is 0 Å². The number of hydrogen-bond donors (Lipinski definition) is 2. The van der Waals surface area contributed by atoms with Crippen molar-refractivity contribution in [2.24, 2.45) is 7.05 Å². The van der Waals surface area contributed by atoms with Crippen molar-refractivity contribution in [3.63, 3.8) is 0 Å². The van der Waals surface area contributed by atoms with Crippen LogP contribution >= 0.6 is 11.8 Å². The molecule has 0 aliphatic carbocycles. The predicted molar refractivity (Wildman–Crippen MR) is 57.1 cm³/mol. The summed E-state index contributed by atoms with van der Waals surface area (Å²) in [6, 6.07) is 0. The molecule has 0 saturated carbocycles. The second kappa shape index (κ2) is 5.87. The Balaban J connectivity index is 2.21. The predicted octanol–water partition coefficient (Wildman–Crippen LogP) is 0.652. The second-order valence-corrected chi connectivity index (χ2v) is 4.09. The molecule has 0 aliphatic rings. The lowest BCUT2D eigenvalue weighted by molar-refractivity contribution is 0.284. The van der Waals surface area contributed by atoms with Gasteiger partial charge < -0.3 is 10.8 Å². The van der Waals surface area contributed by atoms with Crippen molar-refractivity contribution in [3.05, 3.63) is 0 Å². The average molecular weight is 216 g/mol. The molecule has 0 fully saturated rings. The number of hydrogen-bond acceptors (Lipinski definition) is 5. The van der Waals surface area contributed by atoms with E-state index in [1.54, 1.807) is 16.3 Å². The van der Waals surface area contributed by atoms with Crippen LogP contribution in [0.4, 0.5) is 5.95 Å². The van der Waals surface area contributed by atoms with Crippen LogP contribution in [-0.4, -0.2) is 32.2 Å². The minimum absolute atomic E-state index is 0.279. The van der Waals surface area contributed by atoms with Crippen molar-refractivity contribution in [3.8, 4) is 0 Å². The Hall–Kier alpha value is -0.750. The normalized spacial score (nSPS) is 10.7. The van der Waals surface area contributed by atoms with Crippen LogP contribution in [0.3, 0.4) is 0 Å². The fourth-order valence-electron chi connectivity index (χ4n) is 1.01. The molecular weight excluding hydrogens is 200 g/mol. The van der Waals surface area contributed by atoms with E-state index in [-0.39, 0.29) is 6.61 Å². The number of aliphatic hydroxyl groups excluding tert-OH is 1. The van der Waals surface area contributed by atoms with Gasteiger partial charge in [0.25, 0.3) is 0 Å². The number of anilines is 1. The topological polar surface area (TPSA) is 77.0 Å². The van der Waals surface area contributed by atoms with Gasteiger partial charge in [-0.25, -0.2) is 0 Å². The zero-order chi connectivity index (χ0) is 10.4. The van der Waals surface area contributed by atoms with Gasteiger partial charge in [0.2, 0.25) is 5.95 Å². The van der Waals surface area contributed by atoms with Gasteiger partial charge in [-0.2, -0.15) is 0 Å². The highest BCUT2D eigenvalue weighted by molar-refractivity contribution is 7.99. The fraction of sp³-hybridized carbons (Fsp3) is 0.750. The van der Waals surface area contributed by atoms with E-state index in [1.807, 2.05) is 7.05 Å². The van der Waals surface area contributed by atoms with Gasteiger partial charge in [0.1, 0.15) is 0 Å². The Morgan fingerprint density at radius 2 is 2.14 bits per heavy atom. The Labute approximate surface area is 87.7 Å². The van der Waals surface area contributed by atoms with Gasteiger partial charge >= 0.3 is 0 Å². The highest BCUT2D eigenvalue weighted by atomic mass is 32.2. The molecule has 14 heavy (non-hydrogen) atoms. The molecule has 1 rings (SSSR count). The number of nitrogens with zero attached hydrogens (tertiary/aromatic N) is 3. The first-order chi connectivity index (χ1) is 6.75. The van der Waals surface area contributed by atoms with Gasteiger partial charge in [0.15, 0.2) is 5.16 Å². The first-order valence-corrected chi connectivity index (χ1v) is 5.62. The maximum Gasteiger partial charge on any atom is 0.222 e. The molecule has 0 aliphatic heterocycles. The molecule has 0 radical (unpaired) electrons. The number of aromatic nitrogens is 3. The molecule has 0 aromatic carbocycles. The van der Waals surface area contributed by atoms with Gasteiger partial charge in [0, 0.05) is 19.4 Å². The molecule has 80 valence electrons. The van der Waals surface area contributed by atoms with Gasteiger partial charge in [-0.3, -0.25) is 4.57 Å². The van der Waals surface area contributed by atoms with Crippen molar-refractivity contribution in [1.82, 2.24) is 14.8 Å². The number of unbranched alkanes of at least 4 members (excludes halogenated alkanes) is 2. The number of thioether (sulfide) groups is 1. The summed E-state index contributed by atoms with van der Waals surface area (Å²) in [5, 5.41) is 17.1. The maximum absolute atomic E-state index is 8.58. The molecule has 1 heterocycles. The van der Waals surface area contributed by atoms with Gasteiger partial charge in [-0.15, -0.1) is 10.2 Å². The summed E-state index contributed by atoms with van der Waals surface area (Å²) >= 11 is 1.65. The third-order valence-electron chi connectivity index (χ3n) is 1.90. The Morgan fingerprint density at radius 3 is 2.71 bits per heavy atom. The van der Waals surface area contributed by atoms with Crippen LogP contribution in [0.15, 0.2) is 5.16 Å². The van der Waals surface area contributed by atoms with Gasteiger partial charge in [0.05, 0.1) is 0 Å². The minimum atomic E-state index is 0.279. The van der Waals surface area contributed by atoms with Crippen LogP contribution in [0.2, 0.25) is 0 Å². The third-order valence-corrected chi connectivity index (χ3v) is 3.01. The highest BCUT2D eigenvalue weighted by Gasteiger charge is 2.04. The molecule has 0 atom stereocenters. The van der Waals surface area contributed by atoms with Gasteiger partial charge in [-0.1, -0.05) is 18.2 Å². The molecule has 5 nitrogen and oxygen atoms in total. The van der Waals surface area contributed by atoms with Crippen molar-refractivity contribution < 1.29 is 5.11 Å². The van der Waals surface area contributed by atoms with Gasteiger partial charge in [-0.05, 0) is 12.8 Å². The van der Waals surface area contributed by atoms with Crippen LogP contribution in [0.5, 0.6) is 0 Å². The van der Waals surface area contributed by atoms with Crippen LogP contribution < -0.4 is 5.73 Å². The fourth-order valence-corrected chi connectivity index (χ4v) is 1.92. The number of aliphatic hydroxyl groups is 1. The Morgan fingerprint density at radius 1 is 1.36 bits per heavy atom. The molecular formula is C8H16N4OS. The Kier molecular flexibility index (Phi) is 4.75. The van der Waals surface area contributed by atoms with Crippen molar-refractivity contribution in [1.29, 1.82) is 0 Å². The van der Waals surface area contributed by atoms with Crippen molar-refractivity contribution >= 4 is 17.7 Å². The maximum atomic E-state index is 8.58. The highest BCUT2D eigenvalue weighted by Crippen LogP contribution is 2.17. The summed E-state index contributed by atoms with van der Waals surface area (Å²) in [6.07, 6.45) is 3.01. The minimum Gasteiger partial charge on any atom is -0.396 e. The number of rotatable bonds is 6. The number of nitrogen functional groups attached to an aromatic ring is 1. The lowest BCUT2D eigenvalue weighted by atomic mass is 10.3. The molecule has 6 heteroatoms. The van der Waals surface area contributed by atoms with Crippen molar-refractivity contribution in [2.75, 3.05) is 18.1 Å². The third kappa shape index (κ3) is 3.19. The van der Waals surface area contributed by atoms with E-state index in [0.717, 1.165) is 30.2 Å². The molecule has 0 saturated heterocycles. The monoisotopic (exact) mass is 216 g/mol. The smallest absolute Gasteiger partial charge is 0.222 e. The molecule has 0 unspecified atom stereocenters. The molecule has 3 N–H and O–H groups in total. The summed E-state index contributed by atoms with van der Waals surface area (Å²) in [5.74, 6) is 1.44. The zero-order valence-electron chi connectivity index (χ0n) is 8.31. The van der Waals surface area contributed by atoms with E-state index in [0.29, 0.717) is 5.95 Å². The van der Waals surface area contributed by atoms with Crippen LogP contribution in [0.1, 0.15) is 19.3 Å². The first-order valence-electron chi connectivity index (χ1n) is 4.64. The summed E-state index contributed by atoms with van der Waals surface area (Å²) in [7, 11) is 1.85. The lowest BCUT2D eigenvalue weighted by Crippen LogP contribution is -1.98. The molecule has 0 bridgehead atoms. The van der Waals surface area contributed by atoms with E-state index >= 15 is 0 Å². The Bertz CT molecular complexity index is 276. The SMILES string of the molecule is Cn1c(N)nnc1SCCCCCO.